The van der Waals surface area contributed by atoms with Crippen LogP contribution in [0.15, 0.2) is 0 Å². The molecule has 1 saturated carbocycles. The van der Waals surface area contributed by atoms with E-state index in [0.29, 0.717) is 6.04 Å². The van der Waals surface area contributed by atoms with Crippen molar-refractivity contribution >= 4 is 24.2 Å². The summed E-state index contributed by atoms with van der Waals surface area (Å²) >= 11 is 0. The smallest absolute Gasteiger partial charge is 0.241 e. The van der Waals surface area contributed by atoms with E-state index in [2.05, 4.69) is 10.6 Å². The maximum atomic E-state index is 12.1. The van der Waals surface area contributed by atoms with Gasteiger partial charge >= 0.3 is 0 Å². The van der Waals surface area contributed by atoms with Gasteiger partial charge in [0, 0.05) is 24.5 Å². The highest BCUT2D eigenvalue weighted by Crippen LogP contribution is 2.28. The molecule has 0 unspecified atom stereocenters. The third-order valence-electron chi connectivity index (χ3n) is 4.32. The Bertz CT molecular complexity index is 383. The van der Waals surface area contributed by atoms with E-state index in [4.69, 9.17) is 0 Å². The first-order valence-corrected chi connectivity index (χ1v) is 8.15. The Morgan fingerprint density at radius 2 is 1.68 bits per heavy atom. The predicted molar refractivity (Wildman–Crippen MR) is 90.0 cm³/mol. The van der Waals surface area contributed by atoms with Gasteiger partial charge in [-0.15, -0.1) is 12.4 Å². The maximum Gasteiger partial charge on any atom is 0.241 e. The average molecular weight is 332 g/mol. The molecule has 6 heteroatoms. The molecule has 2 fully saturated rings. The van der Waals surface area contributed by atoms with E-state index in [1.54, 1.807) is 0 Å². The zero-order chi connectivity index (χ0) is 15.5. The van der Waals surface area contributed by atoms with Gasteiger partial charge in [0.25, 0.3) is 0 Å². The van der Waals surface area contributed by atoms with E-state index < -0.39 is 5.41 Å². The number of halogens is 1. The van der Waals surface area contributed by atoms with E-state index in [0.717, 1.165) is 38.4 Å². The average Bonchev–Trinajstić information content (AvgIpc) is 3.25. The number of amides is 2. The quantitative estimate of drug-likeness (QED) is 0.803. The lowest BCUT2D eigenvalue weighted by Crippen LogP contribution is -2.49. The molecular weight excluding hydrogens is 302 g/mol. The van der Waals surface area contributed by atoms with Crippen molar-refractivity contribution in [3.05, 3.63) is 0 Å². The van der Waals surface area contributed by atoms with Crippen LogP contribution in [0.1, 0.15) is 46.5 Å². The molecule has 0 aromatic carbocycles. The van der Waals surface area contributed by atoms with Crippen LogP contribution < -0.4 is 10.6 Å². The van der Waals surface area contributed by atoms with Gasteiger partial charge in [-0.3, -0.25) is 9.59 Å². The van der Waals surface area contributed by atoms with Gasteiger partial charge in [-0.1, -0.05) is 20.8 Å². The Labute approximate surface area is 140 Å². The minimum absolute atomic E-state index is 0. The molecule has 2 rings (SSSR count). The van der Waals surface area contributed by atoms with Crippen LogP contribution in [0.3, 0.4) is 0 Å². The Hall–Kier alpha value is -0.810. The minimum atomic E-state index is -0.444. The van der Waals surface area contributed by atoms with E-state index in [1.807, 2.05) is 25.7 Å². The summed E-state index contributed by atoms with van der Waals surface area (Å²) in [5.41, 5.74) is -0.444. The standard InChI is InChI=1S/C16H29N3O2.ClH/c1-16(2,3)15(21)18-11-14(20)19-8-6-13(7-9-19)17-10-12-4-5-12;/h12-13,17H,4-11H2,1-3H3,(H,18,21);1H. The van der Waals surface area contributed by atoms with Crippen LogP contribution in [0.2, 0.25) is 0 Å². The Kier molecular flexibility index (Phi) is 7.13. The van der Waals surface area contributed by atoms with Crippen LogP contribution in [0.25, 0.3) is 0 Å². The van der Waals surface area contributed by atoms with Crippen molar-refractivity contribution in [1.82, 2.24) is 15.5 Å². The molecule has 22 heavy (non-hydrogen) atoms. The molecule has 0 bridgehead atoms. The predicted octanol–water partition coefficient (Wildman–Crippen LogP) is 1.56. The fourth-order valence-electron chi connectivity index (χ4n) is 2.52. The summed E-state index contributed by atoms with van der Waals surface area (Å²) in [4.78, 5) is 25.7. The summed E-state index contributed by atoms with van der Waals surface area (Å²) in [6.07, 6.45) is 4.78. The number of piperidine rings is 1. The lowest BCUT2D eigenvalue weighted by atomic mass is 9.96. The monoisotopic (exact) mass is 331 g/mol. The van der Waals surface area contributed by atoms with Crippen molar-refractivity contribution < 1.29 is 9.59 Å². The SMILES string of the molecule is CC(C)(C)C(=O)NCC(=O)N1CCC(NCC2CC2)CC1.Cl. The number of nitrogens with one attached hydrogen (secondary N) is 2. The first-order chi connectivity index (χ1) is 9.86. The molecule has 1 heterocycles. The van der Waals surface area contributed by atoms with Crippen LogP contribution in [0, 0.1) is 11.3 Å². The molecule has 2 aliphatic rings. The van der Waals surface area contributed by atoms with E-state index in [1.165, 1.54) is 12.8 Å². The maximum absolute atomic E-state index is 12.1. The summed E-state index contributed by atoms with van der Waals surface area (Å²) in [6.45, 7) is 8.41. The molecule has 5 nitrogen and oxygen atoms in total. The Morgan fingerprint density at radius 1 is 1.09 bits per heavy atom. The van der Waals surface area contributed by atoms with Gasteiger partial charge in [0.05, 0.1) is 6.54 Å². The number of hydrogen-bond acceptors (Lipinski definition) is 3. The van der Waals surface area contributed by atoms with Crippen LogP contribution >= 0.6 is 12.4 Å². The first-order valence-electron chi connectivity index (χ1n) is 8.15. The lowest BCUT2D eigenvalue weighted by Gasteiger charge is -2.33. The third kappa shape index (κ3) is 6.13. The van der Waals surface area contributed by atoms with Crippen molar-refractivity contribution in [2.75, 3.05) is 26.2 Å². The lowest BCUT2D eigenvalue weighted by molar-refractivity contribution is -0.135. The molecule has 0 spiro atoms. The van der Waals surface area contributed by atoms with Gasteiger partial charge in [0.15, 0.2) is 0 Å². The van der Waals surface area contributed by atoms with Crippen molar-refractivity contribution in [1.29, 1.82) is 0 Å². The highest BCUT2D eigenvalue weighted by molar-refractivity contribution is 5.87. The van der Waals surface area contributed by atoms with Crippen LogP contribution in [-0.4, -0.2) is 48.9 Å². The van der Waals surface area contributed by atoms with Gasteiger partial charge in [-0.25, -0.2) is 0 Å². The highest BCUT2D eigenvalue weighted by Gasteiger charge is 2.27. The van der Waals surface area contributed by atoms with Crippen LogP contribution in [-0.2, 0) is 9.59 Å². The second kappa shape index (κ2) is 8.16. The summed E-state index contributed by atoms with van der Waals surface area (Å²) < 4.78 is 0. The molecule has 0 aromatic rings. The number of carbonyl (C=O) groups excluding carboxylic acids is 2. The molecule has 1 aliphatic carbocycles. The molecule has 2 amide bonds. The number of likely N-dealkylation sites (tertiary alicyclic amines) is 1. The third-order valence-corrected chi connectivity index (χ3v) is 4.32. The van der Waals surface area contributed by atoms with E-state index in [9.17, 15) is 9.59 Å². The molecule has 0 atom stereocenters. The van der Waals surface area contributed by atoms with Crippen molar-refractivity contribution in [3.8, 4) is 0 Å². The molecule has 0 aromatic heterocycles. The number of carbonyl (C=O) groups is 2. The van der Waals surface area contributed by atoms with Gasteiger partial charge in [-0.2, -0.15) is 0 Å². The van der Waals surface area contributed by atoms with Crippen LogP contribution in [0.4, 0.5) is 0 Å². The first kappa shape index (κ1) is 19.2. The number of hydrogen-bond donors (Lipinski definition) is 2. The molecular formula is C16H30ClN3O2. The van der Waals surface area contributed by atoms with Crippen LogP contribution in [0.5, 0.6) is 0 Å². The molecule has 128 valence electrons. The van der Waals surface area contributed by atoms with Crippen molar-refractivity contribution in [2.45, 2.75) is 52.5 Å². The van der Waals surface area contributed by atoms with Gasteiger partial charge < -0.3 is 15.5 Å². The highest BCUT2D eigenvalue weighted by atomic mass is 35.5. The zero-order valence-corrected chi connectivity index (χ0v) is 14.8. The fraction of sp³-hybridized carbons (Fsp3) is 0.875. The Balaban J connectivity index is 0.00000242. The topological polar surface area (TPSA) is 61.4 Å². The zero-order valence-electron chi connectivity index (χ0n) is 14.0. The van der Waals surface area contributed by atoms with Gasteiger partial charge in [-0.05, 0) is 38.1 Å². The molecule has 1 aliphatic heterocycles. The van der Waals surface area contributed by atoms with Gasteiger partial charge in [0.1, 0.15) is 0 Å². The summed E-state index contributed by atoms with van der Waals surface area (Å²) in [5.74, 6) is 0.863. The van der Waals surface area contributed by atoms with Gasteiger partial charge in [0.2, 0.25) is 11.8 Å². The number of rotatable bonds is 5. The second-order valence-electron chi connectivity index (χ2n) is 7.44. The Morgan fingerprint density at radius 3 is 2.18 bits per heavy atom. The van der Waals surface area contributed by atoms with E-state index in [-0.39, 0.29) is 30.8 Å². The van der Waals surface area contributed by atoms with E-state index >= 15 is 0 Å². The molecule has 1 saturated heterocycles. The number of nitrogens with zero attached hydrogens (tertiary/aromatic N) is 1. The van der Waals surface area contributed by atoms with Crippen molar-refractivity contribution in [2.24, 2.45) is 11.3 Å². The summed E-state index contributed by atoms with van der Waals surface area (Å²) in [5, 5.41) is 6.34. The summed E-state index contributed by atoms with van der Waals surface area (Å²) in [6, 6.07) is 0.554. The minimum Gasteiger partial charge on any atom is -0.347 e. The molecule has 0 radical (unpaired) electrons. The normalized spacial score (nSPS) is 19.5. The van der Waals surface area contributed by atoms with Crippen molar-refractivity contribution in [3.63, 3.8) is 0 Å². The second-order valence-corrected chi connectivity index (χ2v) is 7.44. The largest absolute Gasteiger partial charge is 0.347 e. The fourth-order valence-corrected chi connectivity index (χ4v) is 2.52. The molecule has 2 N–H and O–H groups in total. The summed E-state index contributed by atoms with van der Waals surface area (Å²) in [7, 11) is 0.